The molecule has 0 spiro atoms. The van der Waals surface area contributed by atoms with E-state index in [2.05, 4.69) is 15.4 Å². The number of hydrogen-bond acceptors (Lipinski definition) is 4. The van der Waals surface area contributed by atoms with Gasteiger partial charge in [-0.05, 0) is 17.7 Å². The van der Waals surface area contributed by atoms with Crippen molar-refractivity contribution in [3.05, 3.63) is 47.9 Å². The summed E-state index contributed by atoms with van der Waals surface area (Å²) in [5.41, 5.74) is 11.0. The lowest BCUT2D eigenvalue weighted by molar-refractivity contribution is -0.117. The first-order valence-electron chi connectivity index (χ1n) is 8.13. The third-order valence-corrected chi connectivity index (χ3v) is 4.29. The fourth-order valence-electron chi connectivity index (χ4n) is 2.89. The lowest BCUT2D eigenvalue weighted by Gasteiger charge is -2.27. The van der Waals surface area contributed by atoms with Crippen LogP contribution < -0.4 is 11.1 Å². The Morgan fingerprint density at radius 2 is 2.08 bits per heavy atom. The number of nitrogens with one attached hydrogen (secondary N) is 1. The number of amides is 1. The first-order chi connectivity index (χ1) is 12.1. The molecule has 3 N–H and O–H groups in total. The molecular formula is C18H22N6O. The first kappa shape index (κ1) is 16.8. The minimum Gasteiger partial charge on any atom is -0.391 e. The Balaban J connectivity index is 1.84. The highest BCUT2D eigenvalue weighted by Crippen LogP contribution is 2.23. The Morgan fingerprint density at radius 3 is 2.68 bits per heavy atom. The average molecular weight is 338 g/mol. The molecule has 0 bridgehead atoms. The molecular weight excluding hydrogens is 316 g/mol. The first-order valence-corrected chi connectivity index (χ1v) is 8.13. The van der Waals surface area contributed by atoms with E-state index in [-0.39, 0.29) is 0 Å². The van der Waals surface area contributed by atoms with Crippen LogP contribution in [-0.2, 0) is 11.8 Å². The van der Waals surface area contributed by atoms with Gasteiger partial charge in [0.2, 0.25) is 6.41 Å². The Labute approximate surface area is 146 Å². The van der Waals surface area contributed by atoms with Crippen LogP contribution in [0.1, 0.15) is 6.42 Å². The van der Waals surface area contributed by atoms with Gasteiger partial charge >= 0.3 is 0 Å². The van der Waals surface area contributed by atoms with Crippen molar-refractivity contribution in [2.75, 3.05) is 20.1 Å². The van der Waals surface area contributed by atoms with E-state index >= 15 is 0 Å². The molecule has 2 aromatic rings. The van der Waals surface area contributed by atoms with Crippen LogP contribution in [0, 0.1) is 0 Å². The lowest BCUT2D eigenvalue weighted by atomic mass is 10.1. The van der Waals surface area contributed by atoms with Crippen LogP contribution in [-0.4, -0.2) is 47.1 Å². The number of aromatic nitrogens is 2. The van der Waals surface area contributed by atoms with Crippen molar-refractivity contribution in [2.24, 2.45) is 17.8 Å². The summed E-state index contributed by atoms with van der Waals surface area (Å²) >= 11 is 0. The molecule has 1 aliphatic heterocycles. The molecule has 1 aromatic heterocycles. The standard InChI is InChI=1S/C18H22N6O/c1-20-17-7-8-24(12-25)11-16(17)18(19)22-15-5-3-13(4-6-15)14-9-21-23(2)10-14/h3-6,9-10,12,20H,7-8,11H2,1-2H3,(H2,19,22). The van der Waals surface area contributed by atoms with E-state index in [1.165, 1.54) is 0 Å². The normalized spacial score (nSPS) is 15.4. The van der Waals surface area contributed by atoms with Crippen LogP contribution in [0.25, 0.3) is 11.1 Å². The van der Waals surface area contributed by atoms with Crippen molar-refractivity contribution in [1.82, 2.24) is 20.0 Å². The summed E-state index contributed by atoms with van der Waals surface area (Å²) in [4.78, 5) is 17.3. The molecule has 1 aromatic carbocycles. The molecule has 0 saturated heterocycles. The fourth-order valence-corrected chi connectivity index (χ4v) is 2.89. The molecule has 3 rings (SSSR count). The van der Waals surface area contributed by atoms with Gasteiger partial charge in [0.1, 0.15) is 5.84 Å². The number of rotatable bonds is 5. The number of hydrogen-bond donors (Lipinski definition) is 2. The maximum absolute atomic E-state index is 11.1. The summed E-state index contributed by atoms with van der Waals surface area (Å²) in [6.45, 7) is 1.17. The highest BCUT2D eigenvalue weighted by molar-refractivity contribution is 6.00. The molecule has 0 aliphatic carbocycles. The second-order valence-electron chi connectivity index (χ2n) is 5.98. The number of carbonyl (C=O) groups excluding carboxylic acids is 1. The van der Waals surface area contributed by atoms with E-state index in [1.54, 1.807) is 9.58 Å². The molecule has 130 valence electrons. The highest BCUT2D eigenvalue weighted by atomic mass is 16.1. The zero-order chi connectivity index (χ0) is 17.8. The van der Waals surface area contributed by atoms with Gasteiger partial charge in [-0.15, -0.1) is 0 Å². The minimum absolute atomic E-state index is 0.435. The Hall–Kier alpha value is -3.09. The third kappa shape index (κ3) is 3.71. The molecule has 7 nitrogen and oxygen atoms in total. The molecule has 1 aliphatic rings. The predicted molar refractivity (Wildman–Crippen MR) is 98.3 cm³/mol. The van der Waals surface area contributed by atoms with Gasteiger partial charge in [0.15, 0.2) is 0 Å². The van der Waals surface area contributed by atoms with E-state index in [0.29, 0.717) is 18.9 Å². The van der Waals surface area contributed by atoms with Gasteiger partial charge < -0.3 is 16.0 Å². The van der Waals surface area contributed by atoms with Crippen LogP contribution in [0.2, 0.25) is 0 Å². The Kier molecular flexibility index (Phi) is 4.83. The molecule has 1 amide bonds. The van der Waals surface area contributed by atoms with Crippen molar-refractivity contribution in [3.63, 3.8) is 0 Å². The van der Waals surface area contributed by atoms with Gasteiger partial charge in [0.25, 0.3) is 0 Å². The van der Waals surface area contributed by atoms with Crippen LogP contribution in [0.5, 0.6) is 0 Å². The summed E-state index contributed by atoms with van der Waals surface area (Å²) in [6, 6.07) is 7.84. The molecule has 0 fully saturated rings. The maximum atomic E-state index is 11.1. The predicted octanol–water partition coefficient (Wildman–Crippen LogP) is 1.41. The molecule has 0 atom stereocenters. The highest BCUT2D eigenvalue weighted by Gasteiger charge is 2.19. The SMILES string of the molecule is CNC1=C(C(N)=Nc2ccc(-c3cnn(C)c3)cc2)CN(C=O)CC1. The number of aryl methyl sites for hydroxylation is 1. The van der Waals surface area contributed by atoms with Crippen LogP contribution in [0.4, 0.5) is 5.69 Å². The molecule has 0 unspecified atom stereocenters. The van der Waals surface area contributed by atoms with E-state index in [4.69, 9.17) is 5.73 Å². The van der Waals surface area contributed by atoms with Crippen molar-refractivity contribution in [3.8, 4) is 11.1 Å². The second kappa shape index (κ2) is 7.21. The van der Waals surface area contributed by atoms with Gasteiger partial charge in [-0.3, -0.25) is 9.48 Å². The summed E-state index contributed by atoms with van der Waals surface area (Å²) in [5.74, 6) is 0.435. The van der Waals surface area contributed by atoms with Crippen molar-refractivity contribution < 1.29 is 4.79 Å². The number of nitrogens with two attached hydrogens (primary N) is 1. The zero-order valence-corrected chi connectivity index (χ0v) is 14.4. The molecule has 0 radical (unpaired) electrons. The number of amidine groups is 1. The van der Waals surface area contributed by atoms with Gasteiger partial charge in [-0.2, -0.15) is 5.10 Å². The largest absolute Gasteiger partial charge is 0.391 e. The third-order valence-electron chi connectivity index (χ3n) is 4.29. The van der Waals surface area contributed by atoms with Gasteiger partial charge in [-0.1, -0.05) is 12.1 Å². The lowest BCUT2D eigenvalue weighted by Crippen LogP contribution is -2.37. The van der Waals surface area contributed by atoms with Gasteiger partial charge in [-0.25, -0.2) is 4.99 Å². The van der Waals surface area contributed by atoms with Crippen LogP contribution >= 0.6 is 0 Å². The average Bonchev–Trinajstić information content (AvgIpc) is 3.08. The molecule has 2 heterocycles. The van der Waals surface area contributed by atoms with E-state index < -0.39 is 0 Å². The van der Waals surface area contributed by atoms with E-state index in [1.807, 2.05) is 50.8 Å². The minimum atomic E-state index is 0.435. The Morgan fingerprint density at radius 1 is 1.32 bits per heavy atom. The maximum Gasteiger partial charge on any atom is 0.210 e. The van der Waals surface area contributed by atoms with Crippen LogP contribution in [0.15, 0.2) is 52.9 Å². The number of aliphatic imine (C=N–C) groups is 1. The molecule has 25 heavy (non-hydrogen) atoms. The van der Waals surface area contributed by atoms with Gasteiger partial charge in [0, 0.05) is 50.1 Å². The fraction of sp³-hybridized carbons (Fsp3) is 0.278. The van der Waals surface area contributed by atoms with Crippen molar-refractivity contribution in [1.29, 1.82) is 0 Å². The van der Waals surface area contributed by atoms with Crippen molar-refractivity contribution >= 4 is 17.9 Å². The summed E-state index contributed by atoms with van der Waals surface area (Å²) in [5, 5.41) is 7.35. The summed E-state index contributed by atoms with van der Waals surface area (Å²) < 4.78 is 1.77. The van der Waals surface area contributed by atoms with Crippen LogP contribution in [0.3, 0.4) is 0 Å². The molecule has 0 saturated carbocycles. The van der Waals surface area contributed by atoms with E-state index in [9.17, 15) is 4.79 Å². The summed E-state index contributed by atoms with van der Waals surface area (Å²) in [7, 11) is 3.75. The summed E-state index contributed by atoms with van der Waals surface area (Å²) in [6.07, 6.45) is 5.39. The number of nitrogens with zero attached hydrogens (tertiary/aromatic N) is 4. The number of benzene rings is 1. The zero-order valence-electron chi connectivity index (χ0n) is 14.4. The quantitative estimate of drug-likeness (QED) is 0.490. The monoisotopic (exact) mass is 338 g/mol. The number of carbonyl (C=O) groups is 1. The van der Waals surface area contributed by atoms with Crippen molar-refractivity contribution in [2.45, 2.75) is 6.42 Å². The molecule has 7 heteroatoms. The second-order valence-corrected chi connectivity index (χ2v) is 5.98. The van der Waals surface area contributed by atoms with E-state index in [0.717, 1.165) is 40.9 Å². The van der Waals surface area contributed by atoms with Gasteiger partial charge in [0.05, 0.1) is 18.4 Å². The smallest absolute Gasteiger partial charge is 0.210 e. The topological polar surface area (TPSA) is 88.5 Å². The Bertz CT molecular complexity index is 818.